The van der Waals surface area contributed by atoms with E-state index in [0.717, 1.165) is 43.5 Å². The predicted molar refractivity (Wildman–Crippen MR) is 129 cm³/mol. The zero-order valence-corrected chi connectivity index (χ0v) is 20.3. The first kappa shape index (κ1) is 24.2. The number of nitrogens with zero attached hydrogens (tertiary/aromatic N) is 3. The third-order valence-corrected chi connectivity index (χ3v) is 8.92. The third kappa shape index (κ3) is 4.96. The van der Waals surface area contributed by atoms with Gasteiger partial charge in [0.15, 0.2) is 0 Å². The summed E-state index contributed by atoms with van der Waals surface area (Å²) in [4.78, 5) is 15.7. The Kier molecular flexibility index (Phi) is 7.54. The van der Waals surface area contributed by atoms with Crippen molar-refractivity contribution in [3.05, 3.63) is 59.7 Å². The molecule has 0 aromatic heterocycles. The summed E-state index contributed by atoms with van der Waals surface area (Å²) in [7, 11) is -2.13. The molecule has 7 nitrogen and oxygen atoms in total. The molecule has 1 amide bonds. The second kappa shape index (κ2) is 10.6. The molecule has 0 bridgehead atoms. The maximum absolute atomic E-state index is 13.6. The van der Waals surface area contributed by atoms with Crippen LogP contribution in [0.3, 0.4) is 0 Å². The van der Waals surface area contributed by atoms with Gasteiger partial charge in [-0.05, 0) is 55.5 Å². The van der Waals surface area contributed by atoms with E-state index < -0.39 is 10.0 Å². The molecule has 34 heavy (non-hydrogen) atoms. The van der Waals surface area contributed by atoms with Crippen molar-refractivity contribution in [2.75, 3.05) is 26.7 Å². The van der Waals surface area contributed by atoms with Crippen molar-refractivity contribution in [3.63, 3.8) is 0 Å². The van der Waals surface area contributed by atoms with E-state index in [1.54, 1.807) is 19.2 Å². The fourth-order valence-electron chi connectivity index (χ4n) is 5.05. The van der Waals surface area contributed by atoms with Crippen LogP contribution in [0.2, 0.25) is 0 Å². The van der Waals surface area contributed by atoms with E-state index >= 15 is 0 Å². The van der Waals surface area contributed by atoms with Crippen molar-refractivity contribution in [1.29, 1.82) is 5.26 Å². The van der Waals surface area contributed by atoms with Crippen LogP contribution in [0.4, 0.5) is 0 Å². The lowest BCUT2D eigenvalue weighted by Gasteiger charge is -2.37. The van der Waals surface area contributed by atoms with Crippen LogP contribution in [0.5, 0.6) is 5.75 Å². The molecule has 180 valence electrons. The number of rotatable bonds is 5. The highest BCUT2D eigenvalue weighted by molar-refractivity contribution is 7.89. The van der Waals surface area contributed by atoms with Gasteiger partial charge in [0, 0.05) is 25.6 Å². The summed E-state index contributed by atoms with van der Waals surface area (Å²) in [5.74, 6) is 0.718. The number of likely N-dealkylation sites (tertiary alicyclic amines) is 1. The highest BCUT2D eigenvalue weighted by Gasteiger charge is 2.37. The van der Waals surface area contributed by atoms with Crippen LogP contribution < -0.4 is 4.74 Å². The number of ether oxygens (including phenoxy) is 1. The number of carbonyl (C=O) groups is 1. The first-order chi connectivity index (χ1) is 16.5. The number of hydrogen-bond donors (Lipinski definition) is 0. The van der Waals surface area contributed by atoms with Crippen LogP contribution in [0.25, 0.3) is 0 Å². The first-order valence-corrected chi connectivity index (χ1v) is 13.3. The Bertz CT molecular complexity index is 1150. The van der Waals surface area contributed by atoms with Crippen molar-refractivity contribution in [2.24, 2.45) is 5.92 Å². The molecule has 2 fully saturated rings. The number of amides is 1. The largest absolute Gasteiger partial charge is 0.497 e. The normalized spacial score (nSPS) is 20.4. The molecule has 0 unspecified atom stereocenters. The minimum absolute atomic E-state index is 0.0326. The van der Waals surface area contributed by atoms with Gasteiger partial charge >= 0.3 is 0 Å². The highest BCUT2D eigenvalue weighted by atomic mass is 32.2. The van der Waals surface area contributed by atoms with Gasteiger partial charge in [-0.2, -0.15) is 9.57 Å². The molecule has 2 aromatic rings. The van der Waals surface area contributed by atoms with Gasteiger partial charge in [-0.3, -0.25) is 4.79 Å². The maximum atomic E-state index is 13.6. The molecule has 0 N–H and O–H groups in total. The predicted octanol–water partition coefficient (Wildman–Crippen LogP) is 4.11. The summed E-state index contributed by atoms with van der Waals surface area (Å²) in [5.41, 5.74) is 1.26. The van der Waals surface area contributed by atoms with E-state index in [-0.39, 0.29) is 41.4 Å². The summed E-state index contributed by atoms with van der Waals surface area (Å²) in [6.07, 6.45) is 5.06. The summed E-state index contributed by atoms with van der Waals surface area (Å²) in [6.45, 7) is 1.28. The summed E-state index contributed by atoms with van der Waals surface area (Å²) < 4.78 is 33.0. The minimum atomic E-state index is -3.77. The van der Waals surface area contributed by atoms with Crippen molar-refractivity contribution < 1.29 is 17.9 Å². The average Bonchev–Trinajstić information content (AvgIpc) is 3.14. The standard InChI is InChI=1S/C26H31N3O4S/c1-33-23-12-10-20(11-13-23)24-8-3-2-6-16-29(24)26(30)21-14-17-28(18-15-21)34(31,32)25-9-5-4-7-22(25)19-27/h4-5,7,9-13,21,24H,2-3,6,8,14-18H2,1H3/t24-/m1/s1. The van der Waals surface area contributed by atoms with Crippen LogP contribution in [0.1, 0.15) is 55.7 Å². The lowest BCUT2D eigenvalue weighted by Crippen LogP contribution is -2.45. The van der Waals surface area contributed by atoms with Crippen molar-refractivity contribution in [3.8, 4) is 11.8 Å². The molecule has 0 saturated carbocycles. The highest BCUT2D eigenvalue weighted by Crippen LogP contribution is 2.34. The van der Waals surface area contributed by atoms with Crippen LogP contribution in [0.15, 0.2) is 53.4 Å². The van der Waals surface area contributed by atoms with Gasteiger partial charge in [-0.1, -0.05) is 37.1 Å². The van der Waals surface area contributed by atoms with Crippen molar-refractivity contribution in [2.45, 2.75) is 49.5 Å². The van der Waals surface area contributed by atoms with E-state index in [0.29, 0.717) is 12.8 Å². The molecular formula is C26H31N3O4S. The fourth-order valence-corrected chi connectivity index (χ4v) is 6.66. The number of hydrogen-bond acceptors (Lipinski definition) is 5. The average molecular weight is 482 g/mol. The smallest absolute Gasteiger partial charge is 0.244 e. The number of nitriles is 1. The molecule has 2 aliphatic rings. The van der Waals surface area contributed by atoms with E-state index in [2.05, 4.69) is 0 Å². The monoisotopic (exact) mass is 481 g/mol. The van der Waals surface area contributed by atoms with Crippen LogP contribution in [-0.2, 0) is 14.8 Å². The molecule has 0 spiro atoms. The number of benzene rings is 2. The van der Waals surface area contributed by atoms with Crippen LogP contribution >= 0.6 is 0 Å². The Labute approximate surface area is 202 Å². The van der Waals surface area contributed by atoms with Gasteiger partial charge in [-0.25, -0.2) is 8.42 Å². The first-order valence-electron chi connectivity index (χ1n) is 11.9. The Balaban J connectivity index is 1.47. The molecule has 2 heterocycles. The van der Waals surface area contributed by atoms with E-state index in [4.69, 9.17) is 4.74 Å². The van der Waals surface area contributed by atoms with Crippen molar-refractivity contribution >= 4 is 15.9 Å². The quantitative estimate of drug-likeness (QED) is 0.641. The molecule has 1 atom stereocenters. The number of sulfonamides is 1. The third-order valence-electron chi connectivity index (χ3n) is 6.96. The summed E-state index contributed by atoms with van der Waals surface area (Å²) in [6, 6.07) is 16.2. The Morgan fingerprint density at radius 1 is 0.971 bits per heavy atom. The number of carbonyl (C=O) groups excluding carboxylic acids is 1. The number of methoxy groups -OCH3 is 1. The molecule has 0 aliphatic carbocycles. The molecule has 2 aliphatic heterocycles. The topological polar surface area (TPSA) is 90.7 Å². The van der Waals surface area contributed by atoms with Crippen LogP contribution in [0, 0.1) is 17.2 Å². The molecule has 2 aromatic carbocycles. The lowest BCUT2D eigenvalue weighted by molar-refractivity contribution is -0.139. The fraction of sp³-hybridized carbons (Fsp3) is 0.462. The second-order valence-corrected chi connectivity index (χ2v) is 10.9. The van der Waals surface area contributed by atoms with Gasteiger partial charge in [-0.15, -0.1) is 0 Å². The summed E-state index contributed by atoms with van der Waals surface area (Å²) >= 11 is 0. The van der Waals surface area contributed by atoms with Gasteiger partial charge in [0.25, 0.3) is 0 Å². The molecule has 0 radical (unpaired) electrons. The molecular weight excluding hydrogens is 450 g/mol. The Morgan fingerprint density at radius 3 is 2.35 bits per heavy atom. The van der Waals surface area contributed by atoms with Gasteiger partial charge in [0.1, 0.15) is 11.8 Å². The zero-order chi connectivity index (χ0) is 24.1. The lowest BCUT2D eigenvalue weighted by atomic mass is 9.94. The minimum Gasteiger partial charge on any atom is -0.497 e. The zero-order valence-electron chi connectivity index (χ0n) is 19.5. The summed E-state index contributed by atoms with van der Waals surface area (Å²) in [5, 5.41) is 9.32. The van der Waals surface area contributed by atoms with E-state index in [1.165, 1.54) is 16.4 Å². The Morgan fingerprint density at radius 2 is 1.68 bits per heavy atom. The van der Waals surface area contributed by atoms with Crippen molar-refractivity contribution in [1.82, 2.24) is 9.21 Å². The van der Waals surface area contributed by atoms with Gasteiger partial charge in [0.2, 0.25) is 15.9 Å². The molecule has 2 saturated heterocycles. The number of piperidine rings is 1. The van der Waals surface area contributed by atoms with E-state index in [9.17, 15) is 18.5 Å². The van der Waals surface area contributed by atoms with Gasteiger partial charge in [0.05, 0.1) is 23.6 Å². The van der Waals surface area contributed by atoms with Crippen LogP contribution in [-0.4, -0.2) is 50.3 Å². The maximum Gasteiger partial charge on any atom is 0.244 e. The second-order valence-electron chi connectivity index (χ2n) is 8.96. The Hall–Kier alpha value is -2.89. The molecule has 4 rings (SSSR count). The van der Waals surface area contributed by atoms with Gasteiger partial charge < -0.3 is 9.64 Å². The SMILES string of the molecule is COc1ccc([C@H]2CCCCCN2C(=O)C2CCN(S(=O)(=O)c3ccccc3C#N)CC2)cc1. The molecule has 8 heteroatoms. The van der Waals surface area contributed by atoms with E-state index in [1.807, 2.05) is 35.2 Å².